The summed E-state index contributed by atoms with van der Waals surface area (Å²) in [5, 5.41) is 2.87. The zero-order chi connectivity index (χ0) is 24.9. The van der Waals surface area contributed by atoms with E-state index in [-0.39, 0.29) is 10.8 Å². The molecule has 1 atom stereocenters. The van der Waals surface area contributed by atoms with Crippen LogP contribution in [0.4, 0.5) is 11.4 Å². The molecule has 0 fully saturated rings. The highest BCUT2D eigenvalue weighted by Crippen LogP contribution is 2.34. The van der Waals surface area contributed by atoms with E-state index >= 15 is 0 Å². The molecular weight excluding hydrogens is 496 g/mol. The van der Waals surface area contributed by atoms with Crippen LogP contribution in [0.1, 0.15) is 12.5 Å². The standard InChI is InChI=1S/C24H25ClN2O5S2/c1-15-20(25)6-5-7-21(15)27-34(29,30)19-11-8-17(9-12-19)26-24(28)16(2)33-18-10-13-22(31-3)23(14-18)32-4/h5-14,16,27H,1-4H3,(H,26,28)/t16-/m1/s1. The van der Waals surface area contributed by atoms with E-state index in [1.807, 2.05) is 12.1 Å². The molecule has 0 saturated heterocycles. The van der Waals surface area contributed by atoms with Crippen molar-refractivity contribution in [3.63, 3.8) is 0 Å². The summed E-state index contributed by atoms with van der Waals surface area (Å²) in [6.45, 7) is 3.52. The number of nitrogens with one attached hydrogen (secondary N) is 2. The second kappa shape index (κ2) is 11.0. The normalized spacial score (nSPS) is 12.0. The number of hydrogen-bond donors (Lipinski definition) is 2. The third-order valence-electron chi connectivity index (χ3n) is 4.98. The molecule has 0 spiro atoms. The van der Waals surface area contributed by atoms with Gasteiger partial charge in [0.2, 0.25) is 5.91 Å². The van der Waals surface area contributed by atoms with Gasteiger partial charge in [-0.15, -0.1) is 11.8 Å². The Balaban J connectivity index is 1.65. The Kier molecular flexibility index (Phi) is 8.35. The Hall–Kier alpha value is -2.88. The smallest absolute Gasteiger partial charge is 0.261 e. The van der Waals surface area contributed by atoms with E-state index in [0.717, 1.165) is 4.90 Å². The lowest BCUT2D eigenvalue weighted by Crippen LogP contribution is -2.22. The van der Waals surface area contributed by atoms with Crippen molar-refractivity contribution in [2.24, 2.45) is 0 Å². The number of carbonyl (C=O) groups is 1. The van der Waals surface area contributed by atoms with Gasteiger partial charge in [-0.3, -0.25) is 9.52 Å². The van der Waals surface area contributed by atoms with Crippen molar-refractivity contribution in [1.29, 1.82) is 0 Å². The maximum absolute atomic E-state index is 12.7. The van der Waals surface area contributed by atoms with E-state index in [0.29, 0.717) is 33.5 Å². The molecule has 0 aliphatic rings. The van der Waals surface area contributed by atoms with Crippen LogP contribution in [-0.2, 0) is 14.8 Å². The molecule has 0 aliphatic carbocycles. The predicted octanol–water partition coefficient (Wildman–Crippen LogP) is 5.59. The van der Waals surface area contributed by atoms with Crippen molar-refractivity contribution < 1.29 is 22.7 Å². The highest BCUT2D eigenvalue weighted by molar-refractivity contribution is 8.00. The number of halogens is 1. The van der Waals surface area contributed by atoms with Gasteiger partial charge in [-0.05, 0) is 74.0 Å². The number of benzene rings is 3. The van der Waals surface area contributed by atoms with Gasteiger partial charge in [0.05, 0.1) is 30.1 Å². The number of anilines is 2. The minimum Gasteiger partial charge on any atom is -0.493 e. The van der Waals surface area contributed by atoms with Crippen LogP contribution in [0.3, 0.4) is 0 Å². The van der Waals surface area contributed by atoms with E-state index in [1.165, 1.54) is 23.9 Å². The van der Waals surface area contributed by atoms with Crippen molar-refractivity contribution in [3.8, 4) is 11.5 Å². The first kappa shape index (κ1) is 25.7. The molecule has 7 nitrogen and oxygen atoms in total. The van der Waals surface area contributed by atoms with Crippen LogP contribution in [0.2, 0.25) is 5.02 Å². The Labute approximate surface area is 208 Å². The molecular formula is C24H25ClN2O5S2. The van der Waals surface area contributed by atoms with Crippen LogP contribution in [0.25, 0.3) is 0 Å². The maximum Gasteiger partial charge on any atom is 0.261 e. The molecule has 0 heterocycles. The molecule has 0 bridgehead atoms. The predicted molar refractivity (Wildman–Crippen MR) is 137 cm³/mol. The summed E-state index contributed by atoms with van der Waals surface area (Å²) in [4.78, 5) is 13.6. The van der Waals surface area contributed by atoms with Gasteiger partial charge in [0.25, 0.3) is 10.0 Å². The fourth-order valence-corrected chi connectivity index (χ4v) is 5.22. The molecule has 3 rings (SSSR count). The van der Waals surface area contributed by atoms with E-state index < -0.39 is 15.3 Å². The third-order valence-corrected chi connectivity index (χ3v) is 7.87. The topological polar surface area (TPSA) is 93.7 Å². The number of carbonyl (C=O) groups excluding carboxylic acids is 1. The van der Waals surface area contributed by atoms with E-state index in [2.05, 4.69) is 10.0 Å². The first-order chi connectivity index (χ1) is 16.1. The number of ether oxygens (including phenoxy) is 2. The molecule has 0 aromatic heterocycles. The van der Waals surface area contributed by atoms with Crippen LogP contribution in [0.15, 0.2) is 70.5 Å². The summed E-state index contributed by atoms with van der Waals surface area (Å²) in [7, 11) is -0.700. The van der Waals surface area contributed by atoms with Gasteiger partial charge in [0.1, 0.15) is 0 Å². The molecule has 10 heteroatoms. The van der Waals surface area contributed by atoms with E-state index in [4.69, 9.17) is 21.1 Å². The van der Waals surface area contributed by atoms with Crippen molar-refractivity contribution in [2.75, 3.05) is 24.3 Å². The van der Waals surface area contributed by atoms with Crippen molar-refractivity contribution in [2.45, 2.75) is 28.9 Å². The van der Waals surface area contributed by atoms with Crippen LogP contribution in [0, 0.1) is 6.92 Å². The summed E-state index contributed by atoms with van der Waals surface area (Å²) < 4.78 is 38.6. The summed E-state index contributed by atoms with van der Waals surface area (Å²) in [6, 6.07) is 16.4. The van der Waals surface area contributed by atoms with Crippen LogP contribution >= 0.6 is 23.4 Å². The molecule has 34 heavy (non-hydrogen) atoms. The second-order valence-corrected chi connectivity index (χ2v) is 10.8. The Morgan fingerprint density at radius 1 is 1.00 bits per heavy atom. The average molecular weight is 521 g/mol. The fourth-order valence-electron chi connectivity index (χ4n) is 3.03. The van der Waals surface area contributed by atoms with Crippen molar-refractivity contribution in [1.82, 2.24) is 0 Å². The lowest BCUT2D eigenvalue weighted by atomic mass is 10.2. The van der Waals surface area contributed by atoms with E-state index in [9.17, 15) is 13.2 Å². The fraction of sp³-hybridized carbons (Fsp3) is 0.208. The van der Waals surface area contributed by atoms with Crippen molar-refractivity contribution >= 4 is 50.7 Å². The van der Waals surface area contributed by atoms with Gasteiger partial charge >= 0.3 is 0 Å². The summed E-state index contributed by atoms with van der Waals surface area (Å²) >= 11 is 7.44. The quantitative estimate of drug-likeness (QED) is 0.357. The van der Waals surface area contributed by atoms with Gasteiger partial charge in [-0.25, -0.2) is 8.42 Å². The number of methoxy groups -OCH3 is 2. The largest absolute Gasteiger partial charge is 0.493 e. The van der Waals surface area contributed by atoms with Gasteiger partial charge in [-0.1, -0.05) is 17.7 Å². The molecule has 0 aliphatic heterocycles. The molecule has 0 radical (unpaired) electrons. The second-order valence-electron chi connectivity index (χ2n) is 7.31. The zero-order valence-corrected chi connectivity index (χ0v) is 21.5. The number of rotatable bonds is 9. The highest BCUT2D eigenvalue weighted by Gasteiger charge is 2.18. The molecule has 0 unspecified atom stereocenters. The number of sulfonamides is 1. The highest BCUT2D eigenvalue weighted by atomic mass is 35.5. The SMILES string of the molecule is COc1ccc(S[C@H](C)C(=O)Nc2ccc(S(=O)(=O)Nc3cccc(Cl)c3C)cc2)cc1OC. The van der Waals surface area contributed by atoms with Crippen molar-refractivity contribution in [3.05, 3.63) is 71.2 Å². The zero-order valence-electron chi connectivity index (χ0n) is 19.1. The molecule has 3 aromatic carbocycles. The Bertz CT molecular complexity index is 1280. The number of amides is 1. The third kappa shape index (κ3) is 6.16. The van der Waals surface area contributed by atoms with E-state index in [1.54, 1.807) is 64.5 Å². The maximum atomic E-state index is 12.7. The summed E-state index contributed by atoms with van der Waals surface area (Å²) in [5.41, 5.74) is 1.53. The monoisotopic (exact) mass is 520 g/mol. The summed E-state index contributed by atoms with van der Waals surface area (Å²) in [5.74, 6) is 0.973. The van der Waals surface area contributed by atoms with Crippen LogP contribution in [-0.4, -0.2) is 33.8 Å². The first-order valence-electron chi connectivity index (χ1n) is 10.2. The van der Waals surface area contributed by atoms with Gasteiger partial charge in [0, 0.05) is 15.6 Å². The lowest BCUT2D eigenvalue weighted by molar-refractivity contribution is -0.115. The van der Waals surface area contributed by atoms with Gasteiger partial charge in [0.15, 0.2) is 11.5 Å². The minimum absolute atomic E-state index is 0.0672. The average Bonchev–Trinajstić information content (AvgIpc) is 2.82. The van der Waals surface area contributed by atoms with Gasteiger partial charge in [-0.2, -0.15) is 0 Å². The van der Waals surface area contributed by atoms with Crippen LogP contribution < -0.4 is 19.5 Å². The molecule has 180 valence electrons. The number of hydrogen-bond acceptors (Lipinski definition) is 6. The summed E-state index contributed by atoms with van der Waals surface area (Å²) in [6.07, 6.45) is 0. The lowest BCUT2D eigenvalue weighted by Gasteiger charge is -2.14. The molecule has 3 aromatic rings. The molecule has 2 N–H and O–H groups in total. The van der Waals surface area contributed by atoms with Gasteiger partial charge < -0.3 is 14.8 Å². The number of thioether (sulfide) groups is 1. The minimum atomic E-state index is -3.81. The van der Waals surface area contributed by atoms with Crippen LogP contribution in [0.5, 0.6) is 11.5 Å². The molecule has 0 saturated carbocycles. The Morgan fingerprint density at radius 3 is 2.32 bits per heavy atom. The Morgan fingerprint density at radius 2 is 1.68 bits per heavy atom. The first-order valence-corrected chi connectivity index (χ1v) is 13.0. The molecule has 1 amide bonds.